The Labute approximate surface area is 126 Å². The molecule has 0 saturated carbocycles. The van der Waals surface area contributed by atoms with Crippen molar-refractivity contribution < 1.29 is 38.9 Å². The number of carbonyl (C=O) groups excluding carboxylic acids is 2. The van der Waals surface area contributed by atoms with E-state index in [1.165, 1.54) is 19.2 Å². The molecule has 0 atom stereocenters. The molecule has 0 amide bonds. The van der Waals surface area contributed by atoms with Gasteiger partial charge >= 0.3 is 11.1 Å². The summed E-state index contributed by atoms with van der Waals surface area (Å²) in [6, 6.07) is 6.09. The van der Waals surface area contributed by atoms with E-state index in [-0.39, 0.29) is 36.1 Å². The highest BCUT2D eigenvalue weighted by Gasteiger charge is 2.14. The molecule has 1 aromatic carbocycles. The van der Waals surface area contributed by atoms with Crippen molar-refractivity contribution in [2.45, 2.75) is 12.8 Å². The number of ether oxygens (including phenoxy) is 1. The molecule has 0 radical (unpaired) electrons. The van der Waals surface area contributed by atoms with Crippen molar-refractivity contribution in [3.8, 4) is 5.75 Å². The molecule has 0 unspecified atom stereocenters. The van der Waals surface area contributed by atoms with Gasteiger partial charge in [0, 0.05) is 0 Å². The number of benzene rings is 1. The van der Waals surface area contributed by atoms with Crippen LogP contribution in [-0.4, -0.2) is 37.9 Å². The summed E-state index contributed by atoms with van der Waals surface area (Å²) in [6.45, 7) is 0.481. The Morgan fingerprint density at radius 3 is 2.68 bits per heavy atom. The second-order valence-electron chi connectivity index (χ2n) is 3.85. The molecule has 9 heteroatoms. The predicted molar refractivity (Wildman–Crippen MR) is 70.3 cm³/mol. The molecule has 0 aromatic heterocycles. The zero-order chi connectivity index (χ0) is 16.2. The molecule has 0 fully saturated rings. The number of carbonyl (C=O) groups is 2. The summed E-state index contributed by atoms with van der Waals surface area (Å²) in [5.41, 5.74) is 0.0695. The number of hydrogen-bond acceptors (Lipinski definition) is 8. The monoisotopic (exact) mass is 314 g/mol. The molecule has 0 aliphatic carbocycles. The highest BCUT2D eigenvalue weighted by Crippen LogP contribution is 2.18. The van der Waals surface area contributed by atoms with E-state index in [2.05, 4.69) is 19.3 Å². The van der Waals surface area contributed by atoms with Crippen molar-refractivity contribution in [3.05, 3.63) is 34.7 Å². The van der Waals surface area contributed by atoms with Gasteiger partial charge in [0.05, 0.1) is 6.61 Å². The fraction of sp³-hybridized carbons (Fsp3) is 0.385. The van der Waals surface area contributed by atoms with E-state index >= 15 is 0 Å². The lowest BCUT2D eigenvalue weighted by Crippen LogP contribution is -2.11. The Morgan fingerprint density at radius 2 is 1.95 bits per heavy atom. The minimum Gasteiger partial charge on any atom is -0.428 e. The van der Waals surface area contributed by atoms with Crippen molar-refractivity contribution in [2.75, 3.05) is 20.3 Å². The molecule has 9 nitrogen and oxygen atoms in total. The van der Waals surface area contributed by atoms with Crippen LogP contribution in [0.5, 0.6) is 5.75 Å². The number of hydrogen-bond donors (Lipinski definition) is 0. The van der Waals surface area contributed by atoms with Crippen LogP contribution in [0.4, 0.5) is 0 Å². The Kier molecular flexibility index (Phi) is 7.98. The van der Waals surface area contributed by atoms with Gasteiger partial charge in [-0.15, -0.1) is 0 Å². The summed E-state index contributed by atoms with van der Waals surface area (Å²) >= 11 is 0. The number of nitrogens with zero attached hydrogens (tertiary/aromatic N) is 1. The zero-order valence-electron chi connectivity index (χ0n) is 11.9. The molecule has 0 saturated heterocycles. The highest BCUT2D eigenvalue weighted by molar-refractivity contribution is 5.92. The predicted octanol–water partition coefficient (Wildman–Crippen LogP) is 1.36. The Balaban J connectivity index is 2.24. The van der Waals surface area contributed by atoms with E-state index < -0.39 is 5.97 Å². The first-order valence-electron chi connectivity index (χ1n) is 6.36. The minimum absolute atomic E-state index is 0.00908. The van der Waals surface area contributed by atoms with Crippen LogP contribution >= 0.6 is 0 Å². The van der Waals surface area contributed by atoms with Gasteiger partial charge in [-0.25, -0.2) is 4.79 Å². The third-order valence-corrected chi connectivity index (χ3v) is 2.38. The first-order chi connectivity index (χ1) is 10.7. The Morgan fingerprint density at radius 1 is 1.23 bits per heavy atom. The molecule has 0 aliphatic rings. The van der Waals surface area contributed by atoms with Gasteiger partial charge in [0.15, 0.2) is 13.7 Å². The molecule has 22 heavy (non-hydrogen) atoms. The van der Waals surface area contributed by atoms with Crippen LogP contribution in [0.15, 0.2) is 24.3 Å². The van der Waals surface area contributed by atoms with Crippen LogP contribution in [0.2, 0.25) is 0 Å². The van der Waals surface area contributed by atoms with Crippen molar-refractivity contribution >= 4 is 12.4 Å². The average molecular weight is 314 g/mol. The summed E-state index contributed by atoms with van der Waals surface area (Å²) in [5.74, 6) is -0.701. The lowest BCUT2D eigenvalue weighted by molar-refractivity contribution is -0.977. The van der Waals surface area contributed by atoms with Crippen molar-refractivity contribution in [3.63, 3.8) is 0 Å². The molecule has 0 bridgehead atoms. The topological polar surface area (TPSA) is 100 Å². The lowest BCUT2D eigenvalue weighted by Gasteiger charge is -2.06. The maximum Gasteiger partial charge on any atom is 0.477 e. The smallest absolute Gasteiger partial charge is 0.428 e. The molecule has 0 aliphatic heterocycles. The average Bonchev–Trinajstić information content (AvgIpc) is 2.54. The van der Waals surface area contributed by atoms with Gasteiger partial charge in [-0.2, -0.15) is 14.6 Å². The standard InChI is InChI=1S/C13H16NO8/c1-18-14(17)20-8-4-5-9-21-22-13(16)11-6-2-3-7-12(11)19-10-15/h2-3,6-7,10H,4-5,8-9H2,1H3/q+1. The van der Waals surface area contributed by atoms with Gasteiger partial charge < -0.3 is 4.74 Å². The third-order valence-electron chi connectivity index (χ3n) is 2.38. The molecule has 0 N–H and O–H groups in total. The minimum atomic E-state index is -0.779. The largest absolute Gasteiger partial charge is 0.477 e. The van der Waals surface area contributed by atoms with Crippen molar-refractivity contribution in [1.82, 2.24) is 0 Å². The maximum atomic E-state index is 11.7. The van der Waals surface area contributed by atoms with Gasteiger partial charge in [-0.05, 0) is 25.0 Å². The molecular weight excluding hydrogens is 298 g/mol. The van der Waals surface area contributed by atoms with Crippen LogP contribution in [0.25, 0.3) is 0 Å². The first-order valence-corrected chi connectivity index (χ1v) is 6.36. The van der Waals surface area contributed by atoms with E-state index in [4.69, 9.17) is 4.89 Å². The fourth-order valence-electron chi connectivity index (χ4n) is 1.38. The maximum absolute atomic E-state index is 11.7. The van der Waals surface area contributed by atoms with Gasteiger partial charge in [0.25, 0.3) is 6.47 Å². The normalized spacial score (nSPS) is 9.68. The van der Waals surface area contributed by atoms with E-state index in [1.807, 2.05) is 0 Å². The molecule has 1 rings (SSSR count). The summed E-state index contributed by atoms with van der Waals surface area (Å²) in [4.78, 5) is 50.7. The van der Waals surface area contributed by atoms with Crippen molar-refractivity contribution in [2.24, 2.45) is 0 Å². The van der Waals surface area contributed by atoms with E-state index in [1.54, 1.807) is 12.1 Å². The molecular formula is C13H16NO8+. The summed E-state index contributed by atoms with van der Waals surface area (Å²) in [5, 5.41) is -0.00908. The van der Waals surface area contributed by atoms with E-state index in [9.17, 15) is 14.5 Å². The number of unbranched alkanes of at least 4 members (excludes halogenated alkanes) is 1. The lowest BCUT2D eigenvalue weighted by atomic mass is 10.2. The molecule has 0 spiro atoms. The third kappa shape index (κ3) is 6.18. The van der Waals surface area contributed by atoms with E-state index in [0.717, 1.165) is 0 Å². The zero-order valence-corrected chi connectivity index (χ0v) is 11.9. The quantitative estimate of drug-likeness (QED) is 0.261. The summed E-state index contributed by atoms with van der Waals surface area (Å²) in [7, 11) is 1.18. The molecule has 120 valence electrons. The van der Waals surface area contributed by atoms with Crippen LogP contribution in [0.3, 0.4) is 0 Å². The van der Waals surface area contributed by atoms with Gasteiger partial charge in [-0.3, -0.25) is 9.68 Å². The van der Waals surface area contributed by atoms with Crippen molar-refractivity contribution in [1.29, 1.82) is 0 Å². The Bertz CT molecular complexity index is 505. The van der Waals surface area contributed by atoms with Crippen LogP contribution in [0, 0.1) is 4.91 Å². The number of para-hydroxylation sites is 1. The highest BCUT2D eigenvalue weighted by atomic mass is 17.2. The first kappa shape index (κ1) is 17.4. The van der Waals surface area contributed by atoms with Crippen LogP contribution in [-0.2, 0) is 24.2 Å². The second kappa shape index (κ2) is 10.1. The van der Waals surface area contributed by atoms with E-state index in [0.29, 0.717) is 12.8 Å². The molecule has 1 aromatic rings. The van der Waals surface area contributed by atoms with Gasteiger partial charge in [0.1, 0.15) is 16.2 Å². The van der Waals surface area contributed by atoms with Crippen LogP contribution < -0.4 is 4.74 Å². The second-order valence-corrected chi connectivity index (χ2v) is 3.85. The SMILES string of the molecule is CO[N+](=O)OCCCCOOC(=O)c1ccccc1OC=O. The summed E-state index contributed by atoms with van der Waals surface area (Å²) < 4.78 is 4.65. The Hall–Kier alpha value is -2.68. The summed E-state index contributed by atoms with van der Waals surface area (Å²) in [6.07, 6.45) is 1.00. The fourth-order valence-corrected chi connectivity index (χ4v) is 1.38. The van der Waals surface area contributed by atoms with Gasteiger partial charge in [0.2, 0.25) is 0 Å². The number of rotatable bonds is 11. The van der Waals surface area contributed by atoms with Gasteiger partial charge in [-0.1, -0.05) is 12.1 Å². The van der Waals surface area contributed by atoms with Crippen LogP contribution in [0.1, 0.15) is 23.2 Å². The molecule has 0 heterocycles.